The molecule has 1 amide bonds. The van der Waals surface area contributed by atoms with Crippen molar-refractivity contribution in [2.75, 3.05) is 26.2 Å². The van der Waals surface area contributed by atoms with E-state index in [1.54, 1.807) is 11.2 Å². The Kier molecular flexibility index (Phi) is 9.66. The molecule has 0 bridgehead atoms. The van der Waals surface area contributed by atoms with E-state index in [9.17, 15) is 4.79 Å². The molecule has 0 saturated carbocycles. The van der Waals surface area contributed by atoms with Crippen molar-refractivity contribution >= 4 is 36.0 Å². The van der Waals surface area contributed by atoms with Crippen molar-refractivity contribution in [1.82, 2.24) is 15.5 Å². The van der Waals surface area contributed by atoms with Gasteiger partial charge >= 0.3 is 6.09 Å². The maximum Gasteiger partial charge on any atom is 0.409 e. The first kappa shape index (κ1) is 22.6. The summed E-state index contributed by atoms with van der Waals surface area (Å²) in [5.41, 5.74) is 0. The number of halogens is 1. The number of ether oxygens (including phenoxy) is 1. The van der Waals surface area contributed by atoms with Gasteiger partial charge in [0.05, 0.1) is 12.9 Å². The monoisotopic (exact) mass is 502 g/mol. The smallest absolute Gasteiger partial charge is 0.409 e. The van der Waals surface area contributed by atoms with Gasteiger partial charge in [0.25, 0.3) is 0 Å². The van der Waals surface area contributed by atoms with E-state index in [0.717, 1.165) is 43.8 Å². The van der Waals surface area contributed by atoms with Gasteiger partial charge in [-0.2, -0.15) is 0 Å². The van der Waals surface area contributed by atoms with Crippen molar-refractivity contribution < 1.29 is 13.9 Å². The quantitative estimate of drug-likeness (QED) is 0.270. The number of hydrogen-bond acceptors (Lipinski definition) is 4. The van der Waals surface area contributed by atoms with Crippen LogP contribution in [0.1, 0.15) is 38.4 Å². The molecular weight excluding hydrogens is 471 g/mol. The van der Waals surface area contributed by atoms with Gasteiger partial charge in [-0.1, -0.05) is 12.2 Å². The summed E-state index contributed by atoms with van der Waals surface area (Å²) < 4.78 is 10.5. The third-order valence-corrected chi connectivity index (χ3v) is 4.92. The predicted molar refractivity (Wildman–Crippen MR) is 120 cm³/mol. The lowest BCUT2D eigenvalue weighted by Crippen LogP contribution is -2.51. The molecule has 156 valence electrons. The zero-order valence-electron chi connectivity index (χ0n) is 16.4. The highest BCUT2D eigenvalue weighted by Crippen LogP contribution is 2.13. The molecule has 3 rings (SSSR count). The van der Waals surface area contributed by atoms with Crippen molar-refractivity contribution in [2.24, 2.45) is 4.99 Å². The van der Waals surface area contributed by atoms with Gasteiger partial charge in [0.2, 0.25) is 0 Å². The highest BCUT2D eigenvalue weighted by molar-refractivity contribution is 14.0. The first-order chi connectivity index (χ1) is 13.2. The van der Waals surface area contributed by atoms with E-state index in [2.05, 4.69) is 22.8 Å². The summed E-state index contributed by atoms with van der Waals surface area (Å²) >= 11 is 0. The Bertz CT molecular complexity index is 632. The van der Waals surface area contributed by atoms with E-state index < -0.39 is 0 Å². The van der Waals surface area contributed by atoms with Crippen LogP contribution in [0.4, 0.5) is 4.79 Å². The molecule has 1 fully saturated rings. The van der Waals surface area contributed by atoms with Gasteiger partial charge in [0.1, 0.15) is 5.76 Å². The topological polar surface area (TPSA) is 79.1 Å². The number of hydrogen-bond donors (Lipinski definition) is 2. The number of carbonyl (C=O) groups is 1. The molecule has 1 saturated heterocycles. The molecule has 0 atom stereocenters. The number of aliphatic imine (C=N–C) groups is 1. The molecule has 0 spiro atoms. The van der Waals surface area contributed by atoms with Gasteiger partial charge in [-0.3, -0.25) is 4.99 Å². The third kappa shape index (κ3) is 7.03. The standard InChI is InChI=1S/C20H30N4O3.HI/c1-2-26-20(25)24-13-10-17(11-14-24)23-19(22-16-6-3-4-7-16)21-12-9-18-8-5-15-27-18;/h3-5,8,15-17H,2,6-7,9-14H2,1H3,(H2,21,22,23);1H. The Hall–Kier alpha value is -1.71. The van der Waals surface area contributed by atoms with Gasteiger partial charge in [-0.05, 0) is 44.7 Å². The summed E-state index contributed by atoms with van der Waals surface area (Å²) in [7, 11) is 0. The average Bonchev–Trinajstić information content (AvgIpc) is 3.36. The molecule has 2 aliphatic rings. The molecule has 1 aromatic heterocycles. The van der Waals surface area contributed by atoms with Crippen LogP contribution in [0.3, 0.4) is 0 Å². The van der Waals surface area contributed by atoms with Gasteiger partial charge in [0.15, 0.2) is 5.96 Å². The number of carbonyl (C=O) groups excluding carboxylic acids is 1. The van der Waals surface area contributed by atoms with Crippen molar-refractivity contribution in [3.63, 3.8) is 0 Å². The van der Waals surface area contributed by atoms with Crippen molar-refractivity contribution in [3.8, 4) is 0 Å². The fraction of sp³-hybridized carbons (Fsp3) is 0.600. The van der Waals surface area contributed by atoms with E-state index in [1.807, 2.05) is 19.1 Å². The van der Waals surface area contributed by atoms with Crippen LogP contribution in [0.2, 0.25) is 0 Å². The Balaban J connectivity index is 0.00000280. The highest BCUT2D eigenvalue weighted by Gasteiger charge is 2.24. The second kappa shape index (κ2) is 12.0. The number of amides is 1. The Morgan fingerprint density at radius 3 is 2.61 bits per heavy atom. The van der Waals surface area contributed by atoms with Crippen molar-refractivity contribution in [2.45, 2.75) is 51.1 Å². The van der Waals surface area contributed by atoms with Crippen molar-refractivity contribution in [1.29, 1.82) is 0 Å². The number of furan rings is 1. The first-order valence-electron chi connectivity index (χ1n) is 9.91. The van der Waals surface area contributed by atoms with Gasteiger partial charge in [0, 0.05) is 38.1 Å². The van der Waals surface area contributed by atoms with E-state index in [1.165, 1.54) is 0 Å². The van der Waals surface area contributed by atoms with E-state index in [4.69, 9.17) is 14.1 Å². The predicted octanol–water partition coefficient (Wildman–Crippen LogP) is 3.31. The van der Waals surface area contributed by atoms with Gasteiger partial charge in [-0.15, -0.1) is 24.0 Å². The molecule has 0 unspecified atom stereocenters. The zero-order chi connectivity index (χ0) is 18.9. The number of guanidine groups is 1. The summed E-state index contributed by atoms with van der Waals surface area (Å²) in [6.07, 6.45) is 10.5. The lowest BCUT2D eigenvalue weighted by Gasteiger charge is -2.32. The molecular formula is C20H31IN4O3. The lowest BCUT2D eigenvalue weighted by molar-refractivity contribution is 0.0963. The first-order valence-corrected chi connectivity index (χ1v) is 9.91. The molecule has 0 radical (unpaired) electrons. The molecule has 2 heterocycles. The Morgan fingerprint density at radius 2 is 1.96 bits per heavy atom. The minimum absolute atomic E-state index is 0. The number of nitrogens with one attached hydrogen (secondary N) is 2. The Morgan fingerprint density at radius 1 is 1.25 bits per heavy atom. The number of likely N-dealkylation sites (tertiary alicyclic amines) is 1. The normalized spacial score (nSPS) is 18.0. The molecule has 7 nitrogen and oxygen atoms in total. The van der Waals surface area contributed by atoms with E-state index >= 15 is 0 Å². The summed E-state index contributed by atoms with van der Waals surface area (Å²) in [6.45, 7) is 4.34. The molecule has 1 aliphatic heterocycles. The maximum absolute atomic E-state index is 11.8. The molecule has 2 N–H and O–H groups in total. The lowest BCUT2D eigenvalue weighted by atomic mass is 10.1. The van der Waals surface area contributed by atoms with Crippen LogP contribution in [0.25, 0.3) is 0 Å². The summed E-state index contributed by atoms with van der Waals surface area (Å²) in [4.78, 5) is 18.4. The minimum atomic E-state index is -0.210. The summed E-state index contributed by atoms with van der Waals surface area (Å²) in [5, 5.41) is 7.09. The maximum atomic E-state index is 11.8. The fourth-order valence-corrected chi connectivity index (χ4v) is 3.41. The third-order valence-electron chi connectivity index (χ3n) is 4.92. The largest absolute Gasteiger partial charge is 0.469 e. The minimum Gasteiger partial charge on any atom is -0.469 e. The summed E-state index contributed by atoms with van der Waals surface area (Å²) in [5.74, 6) is 1.80. The highest BCUT2D eigenvalue weighted by atomic mass is 127. The number of piperidine rings is 1. The second-order valence-corrected chi connectivity index (χ2v) is 6.95. The zero-order valence-corrected chi connectivity index (χ0v) is 18.8. The van der Waals surface area contributed by atoms with Crippen LogP contribution in [0.5, 0.6) is 0 Å². The molecule has 0 aromatic carbocycles. The van der Waals surface area contributed by atoms with Crippen LogP contribution in [0.15, 0.2) is 40.0 Å². The molecule has 28 heavy (non-hydrogen) atoms. The van der Waals surface area contributed by atoms with Crippen LogP contribution in [0, 0.1) is 0 Å². The number of rotatable bonds is 6. The SMILES string of the molecule is CCOC(=O)N1CCC(NC(=NCCc2ccco2)NC2CC=CC2)CC1.I. The molecule has 8 heteroatoms. The van der Waals surface area contributed by atoms with Crippen LogP contribution in [-0.2, 0) is 11.2 Å². The van der Waals surface area contributed by atoms with Gasteiger partial charge < -0.3 is 24.7 Å². The van der Waals surface area contributed by atoms with Crippen LogP contribution >= 0.6 is 24.0 Å². The second-order valence-electron chi connectivity index (χ2n) is 6.95. The fourth-order valence-electron chi connectivity index (χ4n) is 3.41. The van der Waals surface area contributed by atoms with Gasteiger partial charge in [-0.25, -0.2) is 4.79 Å². The Labute approximate surface area is 184 Å². The van der Waals surface area contributed by atoms with Crippen molar-refractivity contribution in [3.05, 3.63) is 36.3 Å². The molecule has 1 aliphatic carbocycles. The summed E-state index contributed by atoms with van der Waals surface area (Å²) in [6, 6.07) is 4.58. The van der Waals surface area contributed by atoms with E-state index in [-0.39, 0.29) is 30.1 Å². The molecule has 1 aromatic rings. The average molecular weight is 502 g/mol. The number of nitrogens with zero attached hydrogens (tertiary/aromatic N) is 2. The van der Waals surface area contributed by atoms with Crippen LogP contribution in [-0.4, -0.2) is 55.3 Å². The van der Waals surface area contributed by atoms with Crippen LogP contribution < -0.4 is 10.6 Å². The van der Waals surface area contributed by atoms with E-state index in [0.29, 0.717) is 38.3 Å².